The molecule has 1 aliphatic rings. The molecule has 1 aromatic carbocycles. The quantitative estimate of drug-likeness (QED) is 0.786. The number of rotatable bonds is 5. The van der Waals surface area contributed by atoms with Crippen molar-refractivity contribution in [2.75, 3.05) is 13.7 Å². The molecule has 20 heavy (non-hydrogen) atoms. The van der Waals surface area contributed by atoms with Gasteiger partial charge in [-0.3, -0.25) is 4.79 Å². The highest BCUT2D eigenvalue weighted by atomic mass is 16.5. The van der Waals surface area contributed by atoms with Crippen LogP contribution in [0, 0.1) is 0 Å². The van der Waals surface area contributed by atoms with E-state index in [0.29, 0.717) is 6.54 Å². The second-order valence-corrected chi connectivity index (χ2v) is 4.97. The van der Waals surface area contributed by atoms with Crippen LogP contribution in [0.4, 0.5) is 0 Å². The number of benzene rings is 1. The zero-order valence-electron chi connectivity index (χ0n) is 11.8. The molecule has 108 valence electrons. The second kappa shape index (κ2) is 6.52. The van der Waals surface area contributed by atoms with Gasteiger partial charge in [0, 0.05) is 19.5 Å². The molecule has 0 heterocycles. The minimum absolute atomic E-state index is 0.229. The summed E-state index contributed by atoms with van der Waals surface area (Å²) in [5.41, 5.74) is 2.62. The molecule has 0 bridgehead atoms. The minimum Gasteiger partial charge on any atom is -0.467 e. The molecule has 0 fully saturated rings. The van der Waals surface area contributed by atoms with Crippen molar-refractivity contribution in [3.8, 4) is 0 Å². The van der Waals surface area contributed by atoms with Crippen molar-refractivity contribution in [1.29, 1.82) is 0 Å². The van der Waals surface area contributed by atoms with Crippen LogP contribution >= 0.6 is 0 Å². The first-order valence-electron chi connectivity index (χ1n) is 6.78. The summed E-state index contributed by atoms with van der Waals surface area (Å²) in [4.78, 5) is 22.7. The monoisotopic (exact) mass is 276 g/mol. The van der Waals surface area contributed by atoms with Crippen LogP contribution in [0.2, 0.25) is 0 Å². The normalized spacial score (nSPS) is 18.2. The summed E-state index contributed by atoms with van der Waals surface area (Å²) in [6, 6.07) is 7.87. The van der Waals surface area contributed by atoms with Crippen LogP contribution in [-0.4, -0.2) is 31.6 Å². The Labute approximate surface area is 118 Å². The number of nitrogens with one attached hydrogen (secondary N) is 2. The first-order chi connectivity index (χ1) is 9.61. The van der Waals surface area contributed by atoms with E-state index in [1.807, 2.05) is 12.1 Å². The maximum atomic E-state index is 11.6. The van der Waals surface area contributed by atoms with Gasteiger partial charge in [-0.25, -0.2) is 4.79 Å². The van der Waals surface area contributed by atoms with Crippen LogP contribution in [0.25, 0.3) is 0 Å². The largest absolute Gasteiger partial charge is 0.467 e. The average molecular weight is 276 g/mol. The number of hydrogen-bond donors (Lipinski definition) is 2. The Morgan fingerprint density at radius 2 is 2.15 bits per heavy atom. The number of fused-ring (bicyclic) bond motifs is 1. The van der Waals surface area contributed by atoms with E-state index < -0.39 is 12.0 Å². The topological polar surface area (TPSA) is 67.4 Å². The van der Waals surface area contributed by atoms with E-state index in [4.69, 9.17) is 4.74 Å². The molecule has 1 amide bonds. The number of esters is 1. The van der Waals surface area contributed by atoms with Crippen LogP contribution in [0.1, 0.15) is 30.5 Å². The standard InChI is InChI=1S/C15H20N2O3/c1-10(18)17-14(15(19)20-2)9-16-13-8-7-11-5-3-4-6-12(11)13/h3-6,13-14,16H,7-9H2,1-2H3,(H,17,18). The highest BCUT2D eigenvalue weighted by Gasteiger charge is 2.25. The van der Waals surface area contributed by atoms with Crippen molar-refractivity contribution < 1.29 is 14.3 Å². The van der Waals surface area contributed by atoms with Gasteiger partial charge in [0.2, 0.25) is 5.91 Å². The van der Waals surface area contributed by atoms with Crippen LogP contribution in [0.15, 0.2) is 24.3 Å². The van der Waals surface area contributed by atoms with Gasteiger partial charge in [0.25, 0.3) is 0 Å². The molecular formula is C15H20N2O3. The van der Waals surface area contributed by atoms with E-state index in [2.05, 4.69) is 22.8 Å². The Morgan fingerprint density at radius 1 is 1.40 bits per heavy atom. The van der Waals surface area contributed by atoms with Gasteiger partial charge < -0.3 is 15.4 Å². The van der Waals surface area contributed by atoms with Crippen molar-refractivity contribution in [1.82, 2.24) is 10.6 Å². The molecule has 0 saturated carbocycles. The van der Waals surface area contributed by atoms with Gasteiger partial charge in [-0.2, -0.15) is 0 Å². The molecule has 0 spiro atoms. The van der Waals surface area contributed by atoms with Crippen LogP contribution < -0.4 is 10.6 Å². The van der Waals surface area contributed by atoms with Gasteiger partial charge in [0.05, 0.1) is 7.11 Å². The fourth-order valence-corrected chi connectivity index (χ4v) is 2.61. The number of carbonyl (C=O) groups excluding carboxylic acids is 2. The summed E-state index contributed by atoms with van der Waals surface area (Å²) in [6.07, 6.45) is 2.05. The second-order valence-electron chi connectivity index (χ2n) is 4.97. The summed E-state index contributed by atoms with van der Waals surface area (Å²) in [5.74, 6) is -0.673. The Morgan fingerprint density at radius 3 is 2.85 bits per heavy atom. The van der Waals surface area contributed by atoms with E-state index in [1.54, 1.807) is 0 Å². The molecule has 1 aliphatic carbocycles. The third-order valence-corrected chi connectivity index (χ3v) is 3.56. The zero-order chi connectivity index (χ0) is 14.5. The van der Waals surface area contributed by atoms with Gasteiger partial charge in [0.1, 0.15) is 6.04 Å². The predicted octanol–water partition coefficient (Wildman–Crippen LogP) is 0.941. The smallest absolute Gasteiger partial charge is 0.329 e. The molecule has 0 radical (unpaired) electrons. The fraction of sp³-hybridized carbons (Fsp3) is 0.467. The number of hydrogen-bond acceptors (Lipinski definition) is 4. The van der Waals surface area contributed by atoms with Crippen LogP contribution in [0.5, 0.6) is 0 Å². The molecule has 2 N–H and O–H groups in total. The first-order valence-corrected chi connectivity index (χ1v) is 6.78. The molecule has 2 unspecified atom stereocenters. The minimum atomic E-state index is -0.648. The lowest BCUT2D eigenvalue weighted by Crippen LogP contribution is -2.47. The summed E-state index contributed by atoms with van der Waals surface area (Å²) in [6.45, 7) is 1.76. The van der Waals surface area contributed by atoms with Gasteiger partial charge >= 0.3 is 5.97 Å². The van der Waals surface area contributed by atoms with Crippen molar-refractivity contribution >= 4 is 11.9 Å². The predicted molar refractivity (Wildman–Crippen MR) is 75.1 cm³/mol. The van der Waals surface area contributed by atoms with E-state index >= 15 is 0 Å². The van der Waals surface area contributed by atoms with Gasteiger partial charge in [0.15, 0.2) is 0 Å². The Kier molecular flexibility index (Phi) is 4.74. The molecule has 2 atom stereocenters. The highest BCUT2D eigenvalue weighted by Crippen LogP contribution is 2.30. The lowest BCUT2D eigenvalue weighted by atomic mass is 10.1. The fourth-order valence-electron chi connectivity index (χ4n) is 2.61. The van der Waals surface area contributed by atoms with Gasteiger partial charge in [-0.15, -0.1) is 0 Å². The Hall–Kier alpha value is -1.88. The van der Waals surface area contributed by atoms with E-state index in [9.17, 15) is 9.59 Å². The first kappa shape index (κ1) is 14.5. The number of methoxy groups -OCH3 is 1. The molecular weight excluding hydrogens is 256 g/mol. The SMILES string of the molecule is COC(=O)C(CNC1CCc2ccccc21)NC(C)=O. The molecule has 1 aromatic rings. The summed E-state index contributed by atoms with van der Waals surface area (Å²) < 4.78 is 4.70. The van der Waals surface area contributed by atoms with Gasteiger partial charge in [-0.1, -0.05) is 24.3 Å². The summed E-state index contributed by atoms with van der Waals surface area (Å²) in [5, 5.41) is 5.95. The maximum absolute atomic E-state index is 11.6. The third-order valence-electron chi connectivity index (χ3n) is 3.56. The maximum Gasteiger partial charge on any atom is 0.329 e. The van der Waals surface area contributed by atoms with Crippen molar-refractivity contribution in [3.63, 3.8) is 0 Å². The number of carbonyl (C=O) groups is 2. The number of aryl methyl sites for hydroxylation is 1. The lowest BCUT2D eigenvalue weighted by molar-refractivity contribution is -0.144. The van der Waals surface area contributed by atoms with Crippen molar-refractivity contribution in [3.05, 3.63) is 35.4 Å². The van der Waals surface area contributed by atoms with Crippen LogP contribution in [-0.2, 0) is 20.7 Å². The Balaban J connectivity index is 1.96. The lowest BCUT2D eigenvalue weighted by Gasteiger charge is -2.20. The summed E-state index contributed by atoms with van der Waals surface area (Å²) in [7, 11) is 1.32. The van der Waals surface area contributed by atoms with E-state index in [-0.39, 0.29) is 11.9 Å². The molecule has 0 aliphatic heterocycles. The summed E-state index contributed by atoms with van der Waals surface area (Å²) >= 11 is 0. The average Bonchev–Trinajstić information content (AvgIpc) is 2.85. The van der Waals surface area contributed by atoms with Gasteiger partial charge in [-0.05, 0) is 24.0 Å². The number of ether oxygens (including phenoxy) is 1. The number of amides is 1. The Bertz CT molecular complexity index is 502. The third kappa shape index (κ3) is 3.36. The molecule has 0 aromatic heterocycles. The highest BCUT2D eigenvalue weighted by molar-refractivity contribution is 5.83. The van der Waals surface area contributed by atoms with Crippen LogP contribution in [0.3, 0.4) is 0 Å². The van der Waals surface area contributed by atoms with E-state index in [0.717, 1.165) is 12.8 Å². The molecule has 0 saturated heterocycles. The molecule has 5 heteroatoms. The zero-order valence-corrected chi connectivity index (χ0v) is 11.8. The molecule has 2 rings (SSSR count). The van der Waals surface area contributed by atoms with E-state index in [1.165, 1.54) is 25.2 Å². The molecule has 5 nitrogen and oxygen atoms in total. The van der Waals surface area contributed by atoms with Crippen molar-refractivity contribution in [2.45, 2.75) is 31.8 Å². The van der Waals surface area contributed by atoms with Crippen molar-refractivity contribution in [2.24, 2.45) is 0 Å².